The van der Waals surface area contributed by atoms with Gasteiger partial charge in [0.2, 0.25) is 5.91 Å². The number of hydrogen-bond donors (Lipinski definition) is 1. The number of ether oxygens (including phenoxy) is 1. The minimum absolute atomic E-state index is 0.0408. The molecule has 1 amide bonds. The monoisotopic (exact) mass is 224 g/mol. The van der Waals surface area contributed by atoms with Gasteiger partial charge in [0.25, 0.3) is 0 Å². The van der Waals surface area contributed by atoms with Gasteiger partial charge in [-0.15, -0.1) is 0 Å². The summed E-state index contributed by atoms with van der Waals surface area (Å²) < 4.78 is 5.28. The van der Waals surface area contributed by atoms with E-state index in [1.165, 1.54) is 12.8 Å². The Kier molecular flexibility index (Phi) is 2.44. The van der Waals surface area contributed by atoms with Crippen molar-refractivity contribution in [3.05, 3.63) is 0 Å². The summed E-state index contributed by atoms with van der Waals surface area (Å²) in [5, 5.41) is 0. The lowest BCUT2D eigenvalue weighted by Gasteiger charge is -2.49. The largest absolute Gasteiger partial charge is 0.381 e. The Morgan fingerprint density at radius 1 is 1.19 bits per heavy atom. The Morgan fingerprint density at radius 2 is 1.81 bits per heavy atom. The molecule has 0 aromatic carbocycles. The third kappa shape index (κ3) is 1.74. The predicted molar refractivity (Wildman–Crippen MR) is 59.8 cm³/mol. The molecule has 90 valence electrons. The zero-order valence-corrected chi connectivity index (χ0v) is 9.65. The molecule has 2 heterocycles. The molecule has 3 rings (SSSR count). The van der Waals surface area contributed by atoms with Gasteiger partial charge in [0, 0.05) is 32.2 Å². The van der Waals surface area contributed by atoms with Crippen molar-refractivity contribution in [1.82, 2.24) is 4.90 Å². The van der Waals surface area contributed by atoms with E-state index in [9.17, 15) is 4.79 Å². The van der Waals surface area contributed by atoms with Gasteiger partial charge < -0.3 is 15.4 Å². The van der Waals surface area contributed by atoms with Crippen LogP contribution in [0.4, 0.5) is 0 Å². The summed E-state index contributed by atoms with van der Waals surface area (Å²) in [5.41, 5.74) is 6.21. The van der Waals surface area contributed by atoms with E-state index >= 15 is 0 Å². The first-order valence-corrected chi connectivity index (χ1v) is 6.34. The van der Waals surface area contributed by atoms with Crippen LogP contribution in [-0.4, -0.2) is 42.6 Å². The van der Waals surface area contributed by atoms with E-state index in [2.05, 4.69) is 0 Å². The van der Waals surface area contributed by atoms with Crippen LogP contribution in [0.25, 0.3) is 0 Å². The summed E-state index contributed by atoms with van der Waals surface area (Å²) in [5.74, 6) is 1.19. The number of carbonyl (C=O) groups excluding carboxylic acids is 1. The molecule has 0 spiro atoms. The number of rotatable bonds is 2. The van der Waals surface area contributed by atoms with Crippen LogP contribution in [0.2, 0.25) is 0 Å². The van der Waals surface area contributed by atoms with Crippen molar-refractivity contribution in [3.63, 3.8) is 0 Å². The normalized spacial score (nSPS) is 29.9. The summed E-state index contributed by atoms with van der Waals surface area (Å²) >= 11 is 0. The van der Waals surface area contributed by atoms with Crippen LogP contribution < -0.4 is 5.73 Å². The van der Waals surface area contributed by atoms with Crippen LogP contribution in [0, 0.1) is 11.8 Å². The van der Waals surface area contributed by atoms with Gasteiger partial charge in [-0.05, 0) is 31.6 Å². The Hall–Kier alpha value is -0.610. The molecule has 0 atom stereocenters. The molecule has 0 radical (unpaired) electrons. The van der Waals surface area contributed by atoms with Crippen LogP contribution in [0.5, 0.6) is 0 Å². The third-order valence-electron chi connectivity index (χ3n) is 4.24. The number of nitrogens with zero attached hydrogens (tertiary/aromatic N) is 1. The van der Waals surface area contributed by atoms with Gasteiger partial charge in [-0.25, -0.2) is 0 Å². The van der Waals surface area contributed by atoms with E-state index in [0.29, 0.717) is 11.8 Å². The van der Waals surface area contributed by atoms with E-state index in [1.807, 2.05) is 4.90 Å². The molecule has 2 N–H and O–H groups in total. The van der Waals surface area contributed by atoms with Gasteiger partial charge >= 0.3 is 0 Å². The zero-order valence-electron chi connectivity index (χ0n) is 9.65. The first kappa shape index (κ1) is 10.5. The summed E-state index contributed by atoms with van der Waals surface area (Å²) in [6.45, 7) is 3.04. The highest BCUT2D eigenvalue weighted by Gasteiger charge is 2.52. The van der Waals surface area contributed by atoms with Crippen molar-refractivity contribution < 1.29 is 9.53 Å². The molecule has 3 aliphatic rings. The molecule has 0 aromatic heterocycles. The Labute approximate surface area is 96.1 Å². The Morgan fingerprint density at radius 3 is 2.38 bits per heavy atom. The fourth-order valence-corrected chi connectivity index (χ4v) is 2.94. The quantitative estimate of drug-likeness (QED) is 0.737. The molecule has 0 aromatic rings. The van der Waals surface area contributed by atoms with Crippen LogP contribution in [0.15, 0.2) is 0 Å². The van der Waals surface area contributed by atoms with Crippen LogP contribution in [-0.2, 0) is 9.53 Å². The second kappa shape index (κ2) is 3.70. The molecule has 2 aliphatic heterocycles. The lowest BCUT2D eigenvalue weighted by molar-refractivity contribution is -0.146. The number of nitrogens with two attached hydrogens (primary N) is 1. The van der Waals surface area contributed by atoms with E-state index < -0.39 is 0 Å². The van der Waals surface area contributed by atoms with Crippen molar-refractivity contribution in [2.75, 3.05) is 26.3 Å². The molecule has 3 fully saturated rings. The van der Waals surface area contributed by atoms with Crippen LogP contribution in [0.3, 0.4) is 0 Å². The smallest absolute Gasteiger partial charge is 0.225 e. The molecule has 4 nitrogen and oxygen atoms in total. The van der Waals surface area contributed by atoms with Gasteiger partial charge in [-0.2, -0.15) is 0 Å². The van der Waals surface area contributed by atoms with Gasteiger partial charge in [0.05, 0.1) is 5.54 Å². The minimum atomic E-state index is -0.0408. The fraction of sp³-hybridized carbons (Fsp3) is 0.917. The molecular weight excluding hydrogens is 204 g/mol. The second-order valence-electron chi connectivity index (χ2n) is 5.59. The van der Waals surface area contributed by atoms with E-state index in [1.54, 1.807) is 0 Å². The first-order chi connectivity index (χ1) is 7.69. The van der Waals surface area contributed by atoms with Crippen molar-refractivity contribution in [2.45, 2.75) is 31.2 Å². The second-order valence-corrected chi connectivity index (χ2v) is 5.59. The standard InChI is InChI=1S/C12H20N2O2/c13-12(10-1-2-10)7-14(8-12)11(15)9-3-5-16-6-4-9/h9-10H,1-8,13H2. The Balaban J connectivity index is 1.53. The number of carbonyl (C=O) groups is 1. The van der Waals surface area contributed by atoms with Gasteiger partial charge in [0.15, 0.2) is 0 Å². The molecule has 16 heavy (non-hydrogen) atoms. The SMILES string of the molecule is NC1(C2CC2)CN(C(=O)C2CCOCC2)C1. The van der Waals surface area contributed by atoms with Crippen molar-refractivity contribution >= 4 is 5.91 Å². The minimum Gasteiger partial charge on any atom is -0.381 e. The summed E-state index contributed by atoms with van der Waals surface area (Å²) in [6.07, 6.45) is 4.29. The lowest BCUT2D eigenvalue weighted by Crippen LogP contribution is -2.70. The van der Waals surface area contributed by atoms with Gasteiger partial charge in [0.1, 0.15) is 0 Å². The maximum atomic E-state index is 12.1. The number of amides is 1. The summed E-state index contributed by atoms with van der Waals surface area (Å²) in [7, 11) is 0. The molecule has 4 heteroatoms. The number of likely N-dealkylation sites (tertiary alicyclic amines) is 1. The van der Waals surface area contributed by atoms with Crippen LogP contribution >= 0.6 is 0 Å². The van der Waals surface area contributed by atoms with Crippen molar-refractivity contribution in [3.8, 4) is 0 Å². The highest BCUT2D eigenvalue weighted by molar-refractivity contribution is 5.80. The molecule has 1 aliphatic carbocycles. The summed E-state index contributed by atoms with van der Waals surface area (Å²) in [4.78, 5) is 14.1. The molecule has 0 bridgehead atoms. The molecule has 0 unspecified atom stereocenters. The topological polar surface area (TPSA) is 55.6 Å². The van der Waals surface area contributed by atoms with Crippen LogP contribution in [0.1, 0.15) is 25.7 Å². The van der Waals surface area contributed by atoms with Gasteiger partial charge in [-0.3, -0.25) is 4.79 Å². The van der Waals surface area contributed by atoms with Crippen molar-refractivity contribution in [1.29, 1.82) is 0 Å². The maximum Gasteiger partial charge on any atom is 0.225 e. The fourth-order valence-electron chi connectivity index (χ4n) is 2.94. The van der Waals surface area contributed by atoms with E-state index in [-0.39, 0.29) is 11.5 Å². The highest BCUT2D eigenvalue weighted by atomic mass is 16.5. The summed E-state index contributed by atoms with van der Waals surface area (Å²) in [6, 6.07) is 0. The first-order valence-electron chi connectivity index (χ1n) is 6.34. The lowest BCUT2D eigenvalue weighted by atomic mass is 9.84. The van der Waals surface area contributed by atoms with Crippen molar-refractivity contribution in [2.24, 2.45) is 17.6 Å². The third-order valence-corrected chi connectivity index (χ3v) is 4.24. The average molecular weight is 224 g/mol. The Bertz CT molecular complexity index is 289. The van der Waals surface area contributed by atoms with E-state index in [4.69, 9.17) is 10.5 Å². The molecule has 2 saturated heterocycles. The highest BCUT2D eigenvalue weighted by Crippen LogP contribution is 2.43. The molecular formula is C12H20N2O2. The van der Waals surface area contributed by atoms with Gasteiger partial charge in [-0.1, -0.05) is 0 Å². The zero-order chi connectivity index (χ0) is 11.2. The molecule has 1 saturated carbocycles. The number of hydrogen-bond acceptors (Lipinski definition) is 3. The maximum absolute atomic E-state index is 12.1. The average Bonchev–Trinajstić information content (AvgIpc) is 3.09. The predicted octanol–water partition coefficient (Wildman–Crippen LogP) is 0.363. The van der Waals surface area contributed by atoms with E-state index in [0.717, 1.165) is 39.1 Å².